The molecular formula is C10H20N4. The Morgan fingerprint density at radius 1 is 1.50 bits per heavy atom. The Morgan fingerprint density at radius 3 is 2.86 bits per heavy atom. The van der Waals surface area contributed by atoms with Crippen molar-refractivity contribution in [3.63, 3.8) is 0 Å². The Bertz CT molecular complexity index is 254. The molecule has 0 bridgehead atoms. The molecule has 2 N–H and O–H groups in total. The zero-order valence-corrected chi connectivity index (χ0v) is 9.30. The predicted molar refractivity (Wildman–Crippen MR) is 58.2 cm³/mol. The van der Waals surface area contributed by atoms with Gasteiger partial charge in [0.1, 0.15) is 5.82 Å². The molecule has 0 aliphatic rings. The number of rotatable bonds is 6. The van der Waals surface area contributed by atoms with Gasteiger partial charge in [0.25, 0.3) is 0 Å². The summed E-state index contributed by atoms with van der Waals surface area (Å²) in [6, 6.07) is 0. The Morgan fingerprint density at radius 2 is 2.29 bits per heavy atom. The van der Waals surface area contributed by atoms with E-state index in [0.717, 1.165) is 31.2 Å². The van der Waals surface area contributed by atoms with Gasteiger partial charge in [0.05, 0.1) is 0 Å². The fraction of sp³-hybridized carbons (Fsp3) is 0.700. The van der Waals surface area contributed by atoms with Gasteiger partial charge in [0.2, 0.25) is 0 Å². The van der Waals surface area contributed by atoms with Gasteiger partial charge in [-0.3, -0.25) is 0 Å². The first-order valence-corrected chi connectivity index (χ1v) is 5.04. The summed E-state index contributed by atoms with van der Waals surface area (Å²) in [5.74, 6) is 0.982. The smallest absolute Gasteiger partial charge is 0.103 e. The number of hydrogen-bond acceptors (Lipinski definition) is 3. The molecule has 0 aliphatic carbocycles. The van der Waals surface area contributed by atoms with Crippen LogP contribution in [0.1, 0.15) is 17.9 Å². The second kappa shape index (κ2) is 5.78. The summed E-state index contributed by atoms with van der Waals surface area (Å²) >= 11 is 0. The van der Waals surface area contributed by atoms with E-state index in [0.29, 0.717) is 0 Å². The highest BCUT2D eigenvalue weighted by Gasteiger charge is 1.95. The maximum Gasteiger partial charge on any atom is 0.103 e. The molecule has 4 nitrogen and oxygen atoms in total. The fourth-order valence-electron chi connectivity index (χ4n) is 1.30. The lowest BCUT2D eigenvalue weighted by atomic mass is 10.4. The molecular weight excluding hydrogens is 176 g/mol. The molecule has 1 aromatic heterocycles. The highest BCUT2D eigenvalue weighted by Crippen LogP contribution is 1.94. The molecule has 4 heteroatoms. The molecule has 1 rings (SSSR count). The second-order valence-electron chi connectivity index (χ2n) is 3.83. The maximum absolute atomic E-state index is 4.14. The van der Waals surface area contributed by atoms with Crippen LogP contribution < -0.4 is 5.32 Å². The molecule has 0 fully saturated rings. The van der Waals surface area contributed by atoms with E-state index in [2.05, 4.69) is 34.3 Å². The molecule has 14 heavy (non-hydrogen) atoms. The van der Waals surface area contributed by atoms with Crippen LogP contribution in [-0.4, -0.2) is 42.1 Å². The summed E-state index contributed by atoms with van der Waals surface area (Å²) in [5, 5.41) is 3.37. The van der Waals surface area contributed by atoms with Gasteiger partial charge in [-0.1, -0.05) is 0 Å². The average Bonchev–Trinajstić information content (AvgIpc) is 2.50. The van der Waals surface area contributed by atoms with E-state index in [-0.39, 0.29) is 0 Å². The summed E-state index contributed by atoms with van der Waals surface area (Å²) in [7, 11) is 4.19. The van der Waals surface area contributed by atoms with Gasteiger partial charge in [-0.05, 0) is 40.5 Å². The van der Waals surface area contributed by atoms with Crippen LogP contribution >= 0.6 is 0 Å². The van der Waals surface area contributed by atoms with Crippen LogP contribution in [0.15, 0.2) is 6.20 Å². The lowest BCUT2D eigenvalue weighted by Crippen LogP contribution is -2.21. The number of H-pyrrole nitrogens is 1. The molecule has 0 saturated heterocycles. The van der Waals surface area contributed by atoms with Gasteiger partial charge in [0.15, 0.2) is 0 Å². The van der Waals surface area contributed by atoms with E-state index >= 15 is 0 Å². The van der Waals surface area contributed by atoms with Crippen LogP contribution in [0.4, 0.5) is 0 Å². The Hall–Kier alpha value is -0.870. The van der Waals surface area contributed by atoms with Gasteiger partial charge in [-0.2, -0.15) is 0 Å². The van der Waals surface area contributed by atoms with Crippen molar-refractivity contribution in [3.05, 3.63) is 17.7 Å². The molecule has 80 valence electrons. The second-order valence-corrected chi connectivity index (χ2v) is 3.83. The van der Waals surface area contributed by atoms with Crippen LogP contribution in [0.25, 0.3) is 0 Å². The molecule has 0 aromatic carbocycles. The van der Waals surface area contributed by atoms with E-state index < -0.39 is 0 Å². The number of aromatic nitrogens is 2. The monoisotopic (exact) mass is 196 g/mol. The quantitative estimate of drug-likeness (QED) is 0.660. The van der Waals surface area contributed by atoms with Crippen LogP contribution in [0.2, 0.25) is 0 Å². The van der Waals surface area contributed by atoms with E-state index in [9.17, 15) is 0 Å². The van der Waals surface area contributed by atoms with Crippen molar-refractivity contribution in [2.75, 3.05) is 27.2 Å². The number of imidazole rings is 1. The third-order valence-corrected chi connectivity index (χ3v) is 2.03. The third-order valence-electron chi connectivity index (χ3n) is 2.03. The van der Waals surface area contributed by atoms with Gasteiger partial charge in [0, 0.05) is 18.4 Å². The number of nitrogens with zero attached hydrogens (tertiary/aromatic N) is 2. The van der Waals surface area contributed by atoms with E-state index in [1.807, 2.05) is 13.1 Å². The maximum atomic E-state index is 4.14. The molecule has 0 unspecified atom stereocenters. The molecule has 0 aliphatic heterocycles. The SMILES string of the molecule is Cc1ncc(CNCCCN(C)C)[nH]1. The van der Waals surface area contributed by atoms with Gasteiger partial charge < -0.3 is 15.2 Å². The van der Waals surface area contributed by atoms with Crippen molar-refractivity contribution in [2.45, 2.75) is 19.9 Å². The van der Waals surface area contributed by atoms with Crippen molar-refractivity contribution in [3.8, 4) is 0 Å². The standard InChI is InChI=1S/C10H20N4/c1-9-12-8-10(13-9)7-11-5-4-6-14(2)3/h8,11H,4-7H2,1-3H3,(H,12,13). The Kier molecular flexibility index (Phi) is 4.62. The van der Waals surface area contributed by atoms with Crippen molar-refractivity contribution >= 4 is 0 Å². The minimum absolute atomic E-state index is 0.883. The highest BCUT2D eigenvalue weighted by atomic mass is 15.1. The third kappa shape index (κ3) is 4.39. The van der Waals surface area contributed by atoms with Crippen LogP contribution in [-0.2, 0) is 6.54 Å². The van der Waals surface area contributed by atoms with E-state index in [1.54, 1.807) is 0 Å². The van der Waals surface area contributed by atoms with Crippen molar-refractivity contribution < 1.29 is 0 Å². The van der Waals surface area contributed by atoms with E-state index in [4.69, 9.17) is 0 Å². The largest absolute Gasteiger partial charge is 0.345 e. The summed E-state index contributed by atoms with van der Waals surface area (Å²) in [4.78, 5) is 9.53. The first-order chi connectivity index (χ1) is 6.68. The highest BCUT2D eigenvalue weighted by molar-refractivity contribution is 4.98. The Balaban J connectivity index is 2.04. The number of aromatic amines is 1. The molecule has 0 radical (unpaired) electrons. The summed E-state index contributed by atoms with van der Waals surface area (Å²) in [5.41, 5.74) is 1.16. The predicted octanol–water partition coefficient (Wildman–Crippen LogP) is 0.759. The fourth-order valence-corrected chi connectivity index (χ4v) is 1.30. The van der Waals surface area contributed by atoms with Crippen LogP contribution in [0, 0.1) is 6.92 Å². The van der Waals surface area contributed by atoms with Crippen molar-refractivity contribution in [2.24, 2.45) is 0 Å². The minimum atomic E-state index is 0.883. The topological polar surface area (TPSA) is 44.0 Å². The molecule has 0 saturated carbocycles. The zero-order valence-electron chi connectivity index (χ0n) is 9.30. The molecule has 0 atom stereocenters. The number of nitrogens with one attached hydrogen (secondary N) is 2. The zero-order chi connectivity index (χ0) is 10.4. The Labute approximate surface area is 85.7 Å². The van der Waals surface area contributed by atoms with E-state index in [1.165, 1.54) is 6.42 Å². The van der Waals surface area contributed by atoms with Gasteiger partial charge >= 0.3 is 0 Å². The van der Waals surface area contributed by atoms with Gasteiger partial charge in [-0.15, -0.1) is 0 Å². The van der Waals surface area contributed by atoms with Crippen LogP contribution in [0.5, 0.6) is 0 Å². The number of aryl methyl sites for hydroxylation is 1. The molecule has 0 amide bonds. The lowest BCUT2D eigenvalue weighted by molar-refractivity contribution is 0.394. The average molecular weight is 196 g/mol. The van der Waals surface area contributed by atoms with Crippen LogP contribution in [0.3, 0.4) is 0 Å². The van der Waals surface area contributed by atoms with Gasteiger partial charge in [-0.25, -0.2) is 4.98 Å². The first-order valence-electron chi connectivity index (χ1n) is 5.04. The lowest BCUT2D eigenvalue weighted by Gasteiger charge is -2.09. The normalized spacial score (nSPS) is 11.1. The molecule has 1 heterocycles. The summed E-state index contributed by atoms with van der Waals surface area (Å²) < 4.78 is 0. The first kappa shape index (κ1) is 11.2. The molecule has 0 spiro atoms. The number of hydrogen-bond donors (Lipinski definition) is 2. The van der Waals surface area contributed by atoms with Crippen molar-refractivity contribution in [1.29, 1.82) is 0 Å². The summed E-state index contributed by atoms with van der Waals surface area (Å²) in [6.45, 7) is 5.04. The molecule has 1 aromatic rings. The summed E-state index contributed by atoms with van der Waals surface area (Å²) in [6.07, 6.45) is 3.06. The van der Waals surface area contributed by atoms with Crippen molar-refractivity contribution in [1.82, 2.24) is 20.2 Å². The minimum Gasteiger partial charge on any atom is -0.345 e.